The summed E-state index contributed by atoms with van der Waals surface area (Å²) in [5.74, 6) is 0.0171. The minimum atomic E-state index is -0.0511. The second kappa shape index (κ2) is 9.95. The number of carbonyl (C=O) groups excluding carboxylic acids is 1. The minimum Gasteiger partial charge on any atom is -0.461 e. The summed E-state index contributed by atoms with van der Waals surface area (Å²) in [5, 5.41) is 0. The molecule has 0 aromatic heterocycles. The highest BCUT2D eigenvalue weighted by Crippen LogP contribution is 2.15. The molecule has 0 aliphatic carbocycles. The van der Waals surface area contributed by atoms with Crippen molar-refractivity contribution in [2.75, 3.05) is 0 Å². The third kappa shape index (κ3) is 6.06. The first-order chi connectivity index (χ1) is 8.27. The summed E-state index contributed by atoms with van der Waals surface area (Å²) >= 11 is 0. The van der Waals surface area contributed by atoms with E-state index in [2.05, 4.69) is 6.92 Å². The summed E-state index contributed by atoms with van der Waals surface area (Å²) in [4.78, 5) is 11.8. The third-order valence-corrected chi connectivity index (χ3v) is 2.96. The van der Waals surface area contributed by atoms with E-state index in [9.17, 15) is 4.79 Å². The highest BCUT2D eigenvalue weighted by molar-refractivity contribution is 5.85. The van der Waals surface area contributed by atoms with Crippen molar-refractivity contribution in [3.63, 3.8) is 0 Å². The van der Waals surface area contributed by atoms with Gasteiger partial charge in [-0.3, -0.25) is 4.79 Å². The molecular weight excluding hydrogens is 248 g/mol. The van der Waals surface area contributed by atoms with Gasteiger partial charge in [-0.2, -0.15) is 0 Å². The van der Waals surface area contributed by atoms with Crippen molar-refractivity contribution < 1.29 is 9.53 Å². The number of benzene rings is 1. The van der Waals surface area contributed by atoms with Gasteiger partial charge in [-0.15, -0.1) is 12.4 Å². The van der Waals surface area contributed by atoms with Gasteiger partial charge in [0.15, 0.2) is 0 Å². The van der Waals surface area contributed by atoms with E-state index in [1.165, 1.54) is 0 Å². The molecule has 0 aliphatic heterocycles. The molecule has 0 amide bonds. The van der Waals surface area contributed by atoms with Crippen LogP contribution >= 0.6 is 12.4 Å². The summed E-state index contributed by atoms with van der Waals surface area (Å²) in [6, 6.07) is 9.82. The molecule has 1 aromatic carbocycles. The zero-order valence-electron chi connectivity index (χ0n) is 11.2. The van der Waals surface area contributed by atoms with Gasteiger partial charge >= 0.3 is 5.97 Å². The smallest absolute Gasteiger partial charge is 0.309 e. The normalized spacial score (nSPS) is 11.4. The maximum atomic E-state index is 11.8. The fraction of sp³-hybridized carbons (Fsp3) is 0.533. The molecule has 0 spiro atoms. The molecule has 0 saturated carbocycles. The van der Waals surface area contributed by atoms with Crippen LogP contribution in [-0.2, 0) is 16.1 Å². The molecule has 1 rings (SSSR count). The Balaban J connectivity index is 0.00000289. The minimum absolute atomic E-state index is 0. The second-order valence-corrected chi connectivity index (χ2v) is 4.34. The largest absolute Gasteiger partial charge is 0.461 e. The molecule has 0 N–H and O–H groups in total. The lowest BCUT2D eigenvalue weighted by Crippen LogP contribution is -2.17. The number of hydrogen-bond acceptors (Lipinski definition) is 2. The van der Waals surface area contributed by atoms with E-state index in [-0.39, 0.29) is 24.3 Å². The van der Waals surface area contributed by atoms with Crippen molar-refractivity contribution in [2.24, 2.45) is 5.92 Å². The standard InChI is InChI=1S/C15H22O2.ClH/c1-3-5-11-14(4-2)15(16)17-12-13-9-7-6-8-10-13;/h6-10,14H,3-5,11-12H2,1-2H3;1H. The summed E-state index contributed by atoms with van der Waals surface area (Å²) < 4.78 is 5.34. The number of esters is 1. The van der Waals surface area contributed by atoms with Crippen LogP contribution < -0.4 is 0 Å². The lowest BCUT2D eigenvalue weighted by molar-refractivity contribution is -0.150. The Kier molecular flexibility index (Phi) is 9.39. The molecule has 0 radical (unpaired) electrons. The van der Waals surface area contributed by atoms with Crippen molar-refractivity contribution in [1.29, 1.82) is 0 Å². The topological polar surface area (TPSA) is 26.3 Å². The van der Waals surface area contributed by atoms with Gasteiger partial charge in [-0.1, -0.05) is 57.0 Å². The number of rotatable bonds is 7. The van der Waals surface area contributed by atoms with Gasteiger partial charge in [-0.05, 0) is 18.4 Å². The highest BCUT2D eigenvalue weighted by Gasteiger charge is 2.17. The van der Waals surface area contributed by atoms with E-state index < -0.39 is 0 Å². The Morgan fingerprint density at radius 3 is 2.44 bits per heavy atom. The Hall–Kier alpha value is -1.02. The van der Waals surface area contributed by atoms with Crippen molar-refractivity contribution >= 4 is 18.4 Å². The van der Waals surface area contributed by atoms with E-state index >= 15 is 0 Å². The van der Waals surface area contributed by atoms with Crippen molar-refractivity contribution in [1.82, 2.24) is 0 Å². The molecule has 102 valence electrons. The Morgan fingerprint density at radius 1 is 1.22 bits per heavy atom. The molecule has 3 heteroatoms. The second-order valence-electron chi connectivity index (χ2n) is 4.34. The zero-order chi connectivity index (χ0) is 12.5. The van der Waals surface area contributed by atoms with Gasteiger partial charge in [0.25, 0.3) is 0 Å². The molecule has 0 aliphatic rings. The van der Waals surface area contributed by atoms with Crippen LogP contribution in [0.5, 0.6) is 0 Å². The predicted molar refractivity (Wildman–Crippen MR) is 76.8 cm³/mol. The van der Waals surface area contributed by atoms with E-state index in [1.807, 2.05) is 37.3 Å². The Morgan fingerprint density at radius 2 is 1.89 bits per heavy atom. The van der Waals surface area contributed by atoms with Crippen LogP contribution in [0.2, 0.25) is 0 Å². The van der Waals surface area contributed by atoms with Crippen LogP contribution in [0, 0.1) is 5.92 Å². The first-order valence-electron chi connectivity index (χ1n) is 6.48. The van der Waals surface area contributed by atoms with Crippen LogP contribution in [0.4, 0.5) is 0 Å². The van der Waals surface area contributed by atoms with Crippen molar-refractivity contribution in [2.45, 2.75) is 46.1 Å². The average molecular weight is 271 g/mol. The molecule has 1 atom stereocenters. The lowest BCUT2D eigenvalue weighted by Gasteiger charge is -2.13. The fourth-order valence-corrected chi connectivity index (χ4v) is 1.79. The molecule has 1 aromatic rings. The van der Waals surface area contributed by atoms with Gasteiger partial charge in [0.2, 0.25) is 0 Å². The van der Waals surface area contributed by atoms with Gasteiger partial charge in [-0.25, -0.2) is 0 Å². The quantitative estimate of drug-likeness (QED) is 0.688. The van der Waals surface area contributed by atoms with E-state index in [4.69, 9.17) is 4.74 Å². The maximum Gasteiger partial charge on any atom is 0.309 e. The van der Waals surface area contributed by atoms with Crippen molar-refractivity contribution in [3.05, 3.63) is 35.9 Å². The van der Waals surface area contributed by atoms with Crippen LogP contribution in [0.3, 0.4) is 0 Å². The molecule has 0 saturated heterocycles. The van der Waals surface area contributed by atoms with E-state index in [0.29, 0.717) is 6.61 Å². The fourth-order valence-electron chi connectivity index (χ4n) is 1.79. The number of unbranched alkanes of at least 4 members (excludes halogenated alkanes) is 1. The predicted octanol–water partition coefficient (Wildman–Crippen LogP) is 4.37. The maximum absolute atomic E-state index is 11.8. The van der Waals surface area contributed by atoms with Crippen LogP contribution in [-0.4, -0.2) is 5.97 Å². The third-order valence-electron chi connectivity index (χ3n) is 2.96. The van der Waals surface area contributed by atoms with Crippen LogP contribution in [0.25, 0.3) is 0 Å². The van der Waals surface area contributed by atoms with E-state index in [0.717, 1.165) is 31.2 Å². The van der Waals surface area contributed by atoms with Gasteiger partial charge in [0.1, 0.15) is 6.61 Å². The highest BCUT2D eigenvalue weighted by atomic mass is 35.5. The van der Waals surface area contributed by atoms with Crippen LogP contribution in [0.15, 0.2) is 30.3 Å². The summed E-state index contributed by atoms with van der Waals surface area (Å²) in [6.07, 6.45) is 4.04. The first kappa shape index (κ1) is 17.0. The lowest BCUT2D eigenvalue weighted by atomic mass is 10.00. The Bertz CT molecular complexity index is 325. The van der Waals surface area contributed by atoms with Gasteiger partial charge in [0.05, 0.1) is 5.92 Å². The number of ether oxygens (including phenoxy) is 1. The molecule has 2 nitrogen and oxygen atoms in total. The Labute approximate surface area is 116 Å². The SMILES string of the molecule is CCCCC(CC)C(=O)OCc1ccccc1.Cl. The van der Waals surface area contributed by atoms with Gasteiger partial charge in [0, 0.05) is 0 Å². The average Bonchev–Trinajstić information content (AvgIpc) is 2.38. The molecule has 0 heterocycles. The molecule has 0 fully saturated rings. The number of hydrogen-bond donors (Lipinski definition) is 0. The molecular formula is C15H23ClO2. The summed E-state index contributed by atoms with van der Waals surface area (Å²) in [6.45, 7) is 4.58. The van der Waals surface area contributed by atoms with Crippen LogP contribution in [0.1, 0.15) is 45.1 Å². The molecule has 0 bridgehead atoms. The van der Waals surface area contributed by atoms with E-state index in [1.54, 1.807) is 0 Å². The summed E-state index contributed by atoms with van der Waals surface area (Å²) in [7, 11) is 0. The zero-order valence-corrected chi connectivity index (χ0v) is 12.0. The summed E-state index contributed by atoms with van der Waals surface area (Å²) in [5.41, 5.74) is 1.05. The number of carbonyl (C=O) groups is 1. The number of halogens is 1. The molecule has 18 heavy (non-hydrogen) atoms. The monoisotopic (exact) mass is 270 g/mol. The van der Waals surface area contributed by atoms with Crippen molar-refractivity contribution in [3.8, 4) is 0 Å². The molecule has 1 unspecified atom stereocenters. The first-order valence-corrected chi connectivity index (χ1v) is 6.48. The van der Waals surface area contributed by atoms with Gasteiger partial charge < -0.3 is 4.74 Å².